The Balaban J connectivity index is 1.28. The van der Waals surface area contributed by atoms with E-state index >= 15 is 0 Å². The molecular formula is C29H39N5O3. The maximum Gasteiger partial charge on any atom is 0.272 e. The standard InChI is InChI=1S/C29H39N5O3/c1-3-24(12-15-30-2)32-28(36)23-8-11-26(31-20-23)29(37)34-18-13-22(14-19-34)27(35)21-6-9-25(10-7-21)33-16-4-5-17-33/h6-11,20,22,24,30H,3-5,12-19H2,1-2H3,(H,32,36). The predicted molar refractivity (Wildman–Crippen MR) is 145 cm³/mol. The minimum absolute atomic E-state index is 0.0739. The largest absolute Gasteiger partial charge is 0.372 e. The summed E-state index contributed by atoms with van der Waals surface area (Å²) in [5, 5.41) is 6.13. The number of hydrogen-bond donors (Lipinski definition) is 2. The topological polar surface area (TPSA) is 94.6 Å². The number of aromatic nitrogens is 1. The molecule has 0 saturated carbocycles. The smallest absolute Gasteiger partial charge is 0.272 e. The molecule has 0 radical (unpaired) electrons. The van der Waals surface area contributed by atoms with Crippen molar-refractivity contribution in [2.45, 2.75) is 51.5 Å². The summed E-state index contributed by atoms with van der Waals surface area (Å²) in [6, 6.07) is 11.4. The number of benzene rings is 1. The monoisotopic (exact) mass is 505 g/mol. The molecule has 2 aliphatic heterocycles. The highest BCUT2D eigenvalue weighted by atomic mass is 16.2. The molecule has 2 N–H and O–H groups in total. The molecule has 0 spiro atoms. The molecule has 2 aromatic rings. The molecule has 0 aliphatic carbocycles. The number of amides is 2. The molecule has 2 aliphatic rings. The third kappa shape index (κ3) is 6.74. The van der Waals surface area contributed by atoms with Gasteiger partial charge in [-0.1, -0.05) is 6.92 Å². The molecule has 2 amide bonds. The van der Waals surface area contributed by atoms with Gasteiger partial charge < -0.3 is 20.4 Å². The van der Waals surface area contributed by atoms with Crippen LogP contribution in [0.5, 0.6) is 0 Å². The number of carbonyl (C=O) groups excluding carboxylic acids is 3. The lowest BCUT2D eigenvalue weighted by atomic mass is 9.88. The summed E-state index contributed by atoms with van der Waals surface area (Å²) in [6.07, 6.45) is 6.90. The van der Waals surface area contributed by atoms with E-state index < -0.39 is 0 Å². The second-order valence-corrected chi connectivity index (χ2v) is 10.1. The van der Waals surface area contributed by atoms with Gasteiger partial charge in [-0.3, -0.25) is 19.4 Å². The van der Waals surface area contributed by atoms with Gasteiger partial charge in [0, 0.05) is 55.6 Å². The number of anilines is 1. The lowest BCUT2D eigenvalue weighted by Gasteiger charge is -2.31. The third-order valence-corrected chi connectivity index (χ3v) is 7.59. The van der Waals surface area contributed by atoms with Crippen molar-refractivity contribution in [1.29, 1.82) is 0 Å². The summed E-state index contributed by atoms with van der Waals surface area (Å²) >= 11 is 0. The van der Waals surface area contributed by atoms with Crippen LogP contribution in [0.2, 0.25) is 0 Å². The lowest BCUT2D eigenvalue weighted by Crippen LogP contribution is -2.40. The normalized spacial score (nSPS) is 17.0. The molecule has 0 bridgehead atoms. The summed E-state index contributed by atoms with van der Waals surface area (Å²) < 4.78 is 0. The number of Topliss-reactive ketones (excluding diaryl/α,β-unsaturated/α-hetero) is 1. The number of likely N-dealkylation sites (tertiary alicyclic amines) is 1. The molecule has 37 heavy (non-hydrogen) atoms. The van der Waals surface area contributed by atoms with E-state index in [9.17, 15) is 14.4 Å². The van der Waals surface area contributed by atoms with Gasteiger partial charge in [-0.15, -0.1) is 0 Å². The summed E-state index contributed by atoms with van der Waals surface area (Å²) in [7, 11) is 1.89. The van der Waals surface area contributed by atoms with Crippen molar-refractivity contribution in [3.63, 3.8) is 0 Å². The van der Waals surface area contributed by atoms with Gasteiger partial charge in [-0.05, 0) is 88.5 Å². The number of nitrogens with one attached hydrogen (secondary N) is 2. The lowest BCUT2D eigenvalue weighted by molar-refractivity contribution is 0.0645. The van der Waals surface area contributed by atoms with Crippen LogP contribution in [0.1, 0.15) is 76.7 Å². The molecule has 198 valence electrons. The maximum absolute atomic E-state index is 13.1. The molecule has 4 rings (SSSR count). The van der Waals surface area contributed by atoms with Crippen LogP contribution < -0.4 is 15.5 Å². The van der Waals surface area contributed by atoms with Crippen LogP contribution in [0.4, 0.5) is 5.69 Å². The molecule has 2 saturated heterocycles. The van der Waals surface area contributed by atoms with E-state index in [-0.39, 0.29) is 29.6 Å². The Labute approximate surface area is 219 Å². The Kier molecular flexibility index (Phi) is 9.28. The van der Waals surface area contributed by atoms with Crippen LogP contribution in [0.15, 0.2) is 42.6 Å². The minimum Gasteiger partial charge on any atom is -0.372 e. The van der Waals surface area contributed by atoms with Crippen molar-refractivity contribution >= 4 is 23.3 Å². The van der Waals surface area contributed by atoms with E-state index in [0.717, 1.165) is 38.0 Å². The number of pyridine rings is 1. The second kappa shape index (κ2) is 12.8. The first kappa shape index (κ1) is 26.8. The number of rotatable bonds is 10. The first-order chi connectivity index (χ1) is 18.0. The van der Waals surface area contributed by atoms with E-state index in [1.807, 2.05) is 26.1 Å². The van der Waals surface area contributed by atoms with Crippen molar-refractivity contribution < 1.29 is 14.4 Å². The molecule has 1 atom stereocenters. The van der Waals surface area contributed by atoms with Gasteiger partial charge in [-0.25, -0.2) is 0 Å². The highest BCUT2D eigenvalue weighted by molar-refractivity contribution is 5.99. The van der Waals surface area contributed by atoms with Gasteiger partial charge >= 0.3 is 0 Å². The summed E-state index contributed by atoms with van der Waals surface area (Å²) in [6.45, 7) is 6.09. The Morgan fingerprint density at radius 1 is 0.973 bits per heavy atom. The zero-order valence-corrected chi connectivity index (χ0v) is 22.0. The molecule has 8 heteroatoms. The number of hydrogen-bond acceptors (Lipinski definition) is 6. The van der Waals surface area contributed by atoms with Gasteiger partial charge in [0.05, 0.1) is 5.56 Å². The SMILES string of the molecule is CCC(CCNC)NC(=O)c1ccc(C(=O)N2CCC(C(=O)c3ccc(N4CCCC4)cc3)CC2)nc1. The summed E-state index contributed by atoms with van der Waals surface area (Å²) in [5.74, 6) is -0.251. The van der Waals surface area contributed by atoms with Crippen molar-refractivity contribution in [1.82, 2.24) is 20.5 Å². The van der Waals surface area contributed by atoms with Crippen molar-refractivity contribution in [2.75, 3.05) is 44.7 Å². The summed E-state index contributed by atoms with van der Waals surface area (Å²) in [4.78, 5) is 47.0. The van der Waals surface area contributed by atoms with Crippen LogP contribution in [0.25, 0.3) is 0 Å². The zero-order valence-electron chi connectivity index (χ0n) is 22.0. The van der Waals surface area contributed by atoms with Gasteiger partial charge in [0.2, 0.25) is 0 Å². The Bertz CT molecular complexity index is 1060. The van der Waals surface area contributed by atoms with Gasteiger partial charge in [-0.2, -0.15) is 0 Å². The van der Waals surface area contributed by atoms with E-state index in [1.165, 1.54) is 24.7 Å². The van der Waals surface area contributed by atoms with Gasteiger partial charge in [0.1, 0.15) is 5.69 Å². The first-order valence-corrected chi connectivity index (χ1v) is 13.6. The van der Waals surface area contributed by atoms with Crippen LogP contribution >= 0.6 is 0 Å². The Morgan fingerprint density at radius 2 is 1.65 bits per heavy atom. The molecule has 3 heterocycles. The number of nitrogens with zero attached hydrogens (tertiary/aromatic N) is 3. The first-order valence-electron chi connectivity index (χ1n) is 13.6. The fourth-order valence-corrected chi connectivity index (χ4v) is 5.17. The van der Waals surface area contributed by atoms with Gasteiger partial charge in [0.15, 0.2) is 5.78 Å². The zero-order chi connectivity index (χ0) is 26.2. The van der Waals surface area contributed by atoms with Crippen LogP contribution in [0, 0.1) is 5.92 Å². The molecule has 2 fully saturated rings. The molecular weight excluding hydrogens is 466 g/mol. The second-order valence-electron chi connectivity index (χ2n) is 10.1. The molecule has 1 aromatic carbocycles. The third-order valence-electron chi connectivity index (χ3n) is 7.59. The number of ketones is 1. The van der Waals surface area contributed by atoms with Crippen LogP contribution in [-0.4, -0.2) is 73.3 Å². The highest BCUT2D eigenvalue weighted by Crippen LogP contribution is 2.25. The average molecular weight is 506 g/mol. The fraction of sp³-hybridized carbons (Fsp3) is 0.517. The minimum atomic E-state index is -0.178. The number of piperidine rings is 1. The van der Waals surface area contributed by atoms with Gasteiger partial charge in [0.25, 0.3) is 11.8 Å². The van der Waals surface area contributed by atoms with Crippen LogP contribution in [0.3, 0.4) is 0 Å². The maximum atomic E-state index is 13.1. The van der Waals surface area contributed by atoms with Crippen molar-refractivity contribution in [2.24, 2.45) is 5.92 Å². The van der Waals surface area contributed by atoms with E-state index in [2.05, 4.69) is 32.7 Å². The predicted octanol–water partition coefficient (Wildman–Crippen LogP) is 3.53. The van der Waals surface area contributed by atoms with Crippen molar-refractivity contribution in [3.05, 3.63) is 59.4 Å². The van der Waals surface area contributed by atoms with Crippen molar-refractivity contribution in [3.8, 4) is 0 Å². The Hall–Kier alpha value is -3.26. The molecule has 1 unspecified atom stereocenters. The Morgan fingerprint density at radius 3 is 2.24 bits per heavy atom. The van der Waals surface area contributed by atoms with E-state index in [4.69, 9.17) is 0 Å². The van der Waals surface area contributed by atoms with E-state index in [0.29, 0.717) is 37.2 Å². The number of carbonyl (C=O) groups is 3. The fourth-order valence-electron chi connectivity index (χ4n) is 5.17. The van der Waals surface area contributed by atoms with E-state index in [1.54, 1.807) is 17.0 Å². The molecule has 8 nitrogen and oxygen atoms in total. The highest BCUT2D eigenvalue weighted by Gasteiger charge is 2.29. The van der Waals surface area contributed by atoms with Crippen LogP contribution in [-0.2, 0) is 0 Å². The molecule has 1 aromatic heterocycles. The summed E-state index contributed by atoms with van der Waals surface area (Å²) in [5.41, 5.74) is 2.70. The quantitative estimate of drug-likeness (QED) is 0.480. The average Bonchev–Trinajstić information content (AvgIpc) is 3.50.